The molecule has 1 saturated heterocycles. The monoisotopic (exact) mass is 425 g/mol. The number of nitrogens with zero attached hydrogens (tertiary/aromatic N) is 3. The number of benzene rings is 1. The summed E-state index contributed by atoms with van der Waals surface area (Å²) in [7, 11) is 1.54. The fraction of sp³-hybridized carbons (Fsp3) is 0.450. The van der Waals surface area contributed by atoms with Crippen molar-refractivity contribution in [1.82, 2.24) is 5.06 Å². The molecule has 0 radical (unpaired) electrons. The molecule has 0 aliphatic carbocycles. The van der Waals surface area contributed by atoms with Gasteiger partial charge in [-0.15, -0.1) is 0 Å². The van der Waals surface area contributed by atoms with Gasteiger partial charge in [-0.3, -0.25) is 19.7 Å². The Morgan fingerprint density at radius 2 is 1.90 bits per heavy atom. The average molecular weight is 425 g/mol. The Morgan fingerprint density at radius 3 is 2.43 bits per heavy atom. The van der Waals surface area contributed by atoms with Gasteiger partial charge in [-0.2, -0.15) is 18.2 Å². The molecule has 3 rings (SSSR count). The zero-order valence-electron chi connectivity index (χ0n) is 16.7. The molecule has 0 unspecified atom stereocenters. The first kappa shape index (κ1) is 22.0. The standard InChI is InChI=1S/C20H22F3N3O4/c1-19(2,11-30-3)15-10-16(26(15)29)24-18(28)14-8-9-17(27)25(14)13-6-4-12(5-7-13)20(21,22)23/h4-7,10,14,29H,8-9,11H2,1-3H3/t14-/m0/s1. The van der Waals surface area contributed by atoms with Crippen molar-refractivity contribution in [2.75, 3.05) is 18.6 Å². The van der Waals surface area contributed by atoms with Crippen LogP contribution in [0.3, 0.4) is 0 Å². The summed E-state index contributed by atoms with van der Waals surface area (Å²) in [5.41, 5.74) is -0.627. The highest BCUT2D eigenvalue weighted by Gasteiger charge is 2.40. The molecule has 7 nitrogen and oxygen atoms in total. The van der Waals surface area contributed by atoms with Gasteiger partial charge < -0.3 is 4.74 Å². The number of carbonyl (C=O) groups is 2. The van der Waals surface area contributed by atoms with E-state index in [1.54, 1.807) is 6.08 Å². The van der Waals surface area contributed by atoms with Crippen LogP contribution >= 0.6 is 0 Å². The third kappa shape index (κ3) is 4.10. The molecule has 0 spiro atoms. The molecule has 1 aromatic rings. The second-order valence-electron chi connectivity index (χ2n) is 7.83. The highest BCUT2D eigenvalue weighted by atomic mass is 19.4. The summed E-state index contributed by atoms with van der Waals surface area (Å²) in [5.74, 6) is -0.999. The number of ether oxygens (including phenoxy) is 1. The van der Waals surface area contributed by atoms with Gasteiger partial charge in [0.25, 0.3) is 5.91 Å². The van der Waals surface area contributed by atoms with Crippen molar-refractivity contribution in [2.45, 2.75) is 38.9 Å². The molecule has 10 heteroatoms. The van der Waals surface area contributed by atoms with E-state index in [1.807, 2.05) is 13.8 Å². The number of hydrogen-bond donors (Lipinski definition) is 1. The molecule has 0 aromatic heterocycles. The van der Waals surface area contributed by atoms with Crippen molar-refractivity contribution >= 4 is 23.3 Å². The van der Waals surface area contributed by atoms with Crippen molar-refractivity contribution in [1.29, 1.82) is 0 Å². The number of anilines is 1. The van der Waals surface area contributed by atoms with Gasteiger partial charge in [0.2, 0.25) is 5.91 Å². The van der Waals surface area contributed by atoms with E-state index in [9.17, 15) is 28.0 Å². The number of alkyl halides is 3. The summed E-state index contributed by atoms with van der Waals surface area (Å²) in [6.45, 7) is 4.05. The highest BCUT2D eigenvalue weighted by Crippen LogP contribution is 2.35. The Balaban J connectivity index is 1.80. The second-order valence-corrected chi connectivity index (χ2v) is 7.83. The van der Waals surface area contributed by atoms with Gasteiger partial charge in [0.15, 0.2) is 5.84 Å². The lowest BCUT2D eigenvalue weighted by molar-refractivity contribution is -0.137. The summed E-state index contributed by atoms with van der Waals surface area (Å²) < 4.78 is 43.4. The quantitative estimate of drug-likeness (QED) is 0.782. The zero-order chi connectivity index (χ0) is 22.3. The van der Waals surface area contributed by atoms with Crippen molar-refractivity contribution in [3.05, 3.63) is 41.6 Å². The highest BCUT2D eigenvalue weighted by molar-refractivity contribution is 6.10. The van der Waals surface area contributed by atoms with Crippen molar-refractivity contribution in [2.24, 2.45) is 10.4 Å². The topological polar surface area (TPSA) is 82.4 Å². The average Bonchev–Trinajstić information content (AvgIpc) is 3.05. The number of aliphatic imine (C=N–C) groups is 1. The Hall–Kier alpha value is -2.72. The van der Waals surface area contributed by atoms with Gasteiger partial charge >= 0.3 is 6.18 Å². The minimum Gasteiger partial charge on any atom is -0.384 e. The number of carbonyl (C=O) groups excluding carboxylic acids is 2. The van der Waals surface area contributed by atoms with Crippen molar-refractivity contribution in [3.63, 3.8) is 0 Å². The molecule has 1 atom stereocenters. The molecule has 2 aliphatic rings. The predicted octanol–water partition coefficient (Wildman–Crippen LogP) is 3.39. The van der Waals surface area contributed by atoms with E-state index in [4.69, 9.17) is 4.74 Å². The van der Waals surface area contributed by atoms with Crippen LogP contribution < -0.4 is 4.90 Å². The van der Waals surface area contributed by atoms with Crippen LogP contribution in [0, 0.1) is 5.41 Å². The molecule has 0 saturated carbocycles. The summed E-state index contributed by atoms with van der Waals surface area (Å²) in [6, 6.07) is 3.10. The van der Waals surface area contributed by atoms with Gasteiger partial charge in [-0.05, 0) is 30.7 Å². The fourth-order valence-corrected chi connectivity index (χ4v) is 3.54. The van der Waals surface area contributed by atoms with E-state index >= 15 is 0 Å². The van der Waals surface area contributed by atoms with Gasteiger partial charge in [0, 0.05) is 30.7 Å². The Morgan fingerprint density at radius 1 is 1.27 bits per heavy atom. The second kappa shape index (κ2) is 7.84. The Kier molecular flexibility index (Phi) is 5.74. The normalized spacial score (nSPS) is 21.2. The summed E-state index contributed by atoms with van der Waals surface area (Å²) in [6.07, 6.45) is -2.68. The predicted molar refractivity (Wildman–Crippen MR) is 102 cm³/mol. The number of amidine groups is 1. The van der Waals surface area contributed by atoms with Crippen LogP contribution in [0.4, 0.5) is 18.9 Å². The van der Waals surface area contributed by atoms with Gasteiger partial charge in [0.1, 0.15) is 6.04 Å². The van der Waals surface area contributed by atoms with Crippen LogP contribution in [0.1, 0.15) is 32.3 Å². The number of methoxy groups -OCH3 is 1. The first-order valence-electron chi connectivity index (χ1n) is 9.27. The summed E-state index contributed by atoms with van der Waals surface area (Å²) >= 11 is 0. The smallest absolute Gasteiger partial charge is 0.384 e. The van der Waals surface area contributed by atoms with Crippen LogP contribution in [0.5, 0.6) is 0 Å². The number of hydrogen-bond acceptors (Lipinski definition) is 4. The van der Waals surface area contributed by atoms with E-state index < -0.39 is 29.1 Å². The van der Waals surface area contributed by atoms with Gasteiger partial charge in [-0.1, -0.05) is 13.8 Å². The maximum absolute atomic E-state index is 12.8. The van der Waals surface area contributed by atoms with E-state index in [0.717, 1.165) is 34.2 Å². The molecule has 1 N–H and O–H groups in total. The van der Waals surface area contributed by atoms with Crippen molar-refractivity contribution in [3.8, 4) is 0 Å². The maximum Gasteiger partial charge on any atom is 0.416 e. The largest absolute Gasteiger partial charge is 0.416 e. The SMILES string of the molecule is COCC(C)(C)C1=CC(=NC(=O)[C@@H]2CCC(=O)N2c2ccc(C(F)(F)F)cc2)N1O. The Labute approximate surface area is 171 Å². The number of halogens is 3. The zero-order valence-corrected chi connectivity index (χ0v) is 16.7. The lowest BCUT2D eigenvalue weighted by atomic mass is 9.86. The molecule has 30 heavy (non-hydrogen) atoms. The van der Waals surface area contributed by atoms with Crippen molar-refractivity contribution < 1.29 is 32.7 Å². The third-order valence-corrected chi connectivity index (χ3v) is 5.10. The fourth-order valence-electron chi connectivity index (χ4n) is 3.54. The van der Waals surface area contributed by atoms with Crippen LogP contribution in [0.25, 0.3) is 0 Å². The third-order valence-electron chi connectivity index (χ3n) is 5.10. The Bertz CT molecular complexity index is 907. The maximum atomic E-state index is 12.8. The first-order chi connectivity index (χ1) is 14.0. The molecule has 2 heterocycles. The number of amides is 2. The van der Waals surface area contributed by atoms with Crippen LogP contribution in [0.15, 0.2) is 41.0 Å². The molecule has 0 bridgehead atoms. The molecule has 2 amide bonds. The van der Waals surface area contributed by atoms with E-state index in [0.29, 0.717) is 12.3 Å². The molecular weight excluding hydrogens is 403 g/mol. The van der Waals surface area contributed by atoms with Gasteiger partial charge in [0.05, 0.1) is 17.9 Å². The molecule has 1 aromatic carbocycles. The minimum absolute atomic E-state index is 0.0332. The lowest BCUT2D eigenvalue weighted by Gasteiger charge is -2.38. The van der Waals surface area contributed by atoms with E-state index in [2.05, 4.69) is 4.99 Å². The number of hydroxylamine groups is 2. The van der Waals surface area contributed by atoms with Gasteiger partial charge in [-0.25, -0.2) is 5.06 Å². The molecule has 1 fully saturated rings. The summed E-state index contributed by atoms with van der Waals surface area (Å²) in [4.78, 5) is 30.0. The molecule has 162 valence electrons. The van der Waals surface area contributed by atoms with Crippen LogP contribution in [-0.4, -0.2) is 47.7 Å². The lowest BCUT2D eigenvalue weighted by Crippen LogP contribution is -2.45. The molecular formula is C20H22F3N3O4. The van der Waals surface area contributed by atoms with E-state index in [1.165, 1.54) is 7.11 Å². The van der Waals surface area contributed by atoms with Crippen LogP contribution in [-0.2, 0) is 20.5 Å². The van der Waals surface area contributed by atoms with Crippen LogP contribution in [0.2, 0.25) is 0 Å². The summed E-state index contributed by atoms with van der Waals surface area (Å²) in [5, 5.41) is 11.0. The minimum atomic E-state index is -4.50. The molecule has 2 aliphatic heterocycles. The number of rotatable bonds is 5. The van der Waals surface area contributed by atoms with E-state index in [-0.39, 0.29) is 30.3 Å². The first-order valence-corrected chi connectivity index (χ1v) is 9.27.